The molecule has 0 bridgehead atoms. The maximum atomic E-state index is 6.06. The molecule has 2 N–H and O–H groups in total. The molecule has 0 spiro atoms. The van der Waals surface area contributed by atoms with E-state index in [9.17, 15) is 0 Å². The van der Waals surface area contributed by atoms with Crippen LogP contribution in [0.4, 0.5) is 17.6 Å². The molecule has 8 heteroatoms. The predicted octanol–water partition coefficient (Wildman–Crippen LogP) is 3.86. The number of benzene rings is 1. The Balaban J connectivity index is 2.26. The van der Waals surface area contributed by atoms with E-state index < -0.39 is 0 Å². The number of anilines is 3. The summed E-state index contributed by atoms with van der Waals surface area (Å²) in [5.74, 6) is 0.851. The van der Waals surface area contributed by atoms with Crippen LogP contribution >= 0.6 is 27.5 Å². The Labute approximate surface area is 136 Å². The fourth-order valence-corrected chi connectivity index (χ4v) is 1.97. The highest BCUT2D eigenvalue weighted by molar-refractivity contribution is 9.10. The van der Waals surface area contributed by atoms with Crippen molar-refractivity contribution in [1.82, 2.24) is 15.0 Å². The third-order valence-corrected chi connectivity index (χ3v) is 3.63. The highest BCUT2D eigenvalue weighted by atomic mass is 79.9. The van der Waals surface area contributed by atoms with E-state index in [1.54, 1.807) is 6.07 Å². The second kappa shape index (κ2) is 7.42. The predicted molar refractivity (Wildman–Crippen MR) is 87.6 cm³/mol. The van der Waals surface area contributed by atoms with Crippen molar-refractivity contribution in [3.05, 3.63) is 27.7 Å². The van der Waals surface area contributed by atoms with Gasteiger partial charge in [0.05, 0.1) is 11.6 Å². The van der Waals surface area contributed by atoms with E-state index in [1.165, 1.54) is 0 Å². The van der Waals surface area contributed by atoms with Crippen molar-refractivity contribution >= 4 is 45.1 Å². The molecule has 2 aromatic rings. The Morgan fingerprint density at radius 1 is 1.19 bits per heavy atom. The lowest BCUT2D eigenvalue weighted by Gasteiger charge is -2.10. The van der Waals surface area contributed by atoms with Gasteiger partial charge in [0.25, 0.3) is 0 Å². The third-order valence-electron chi connectivity index (χ3n) is 2.40. The van der Waals surface area contributed by atoms with Crippen molar-refractivity contribution in [1.29, 1.82) is 0 Å². The van der Waals surface area contributed by atoms with Gasteiger partial charge in [0.2, 0.25) is 11.9 Å². The third kappa shape index (κ3) is 4.44. The van der Waals surface area contributed by atoms with Crippen LogP contribution in [-0.2, 0) is 0 Å². The second-order valence-corrected chi connectivity index (χ2v) is 5.24. The molecular formula is C13H15BrClN5O. The molecule has 0 aliphatic rings. The topological polar surface area (TPSA) is 72.0 Å². The average Bonchev–Trinajstić information content (AvgIpc) is 2.43. The van der Waals surface area contributed by atoms with Gasteiger partial charge in [-0.25, -0.2) is 0 Å². The molecular weight excluding hydrogens is 358 g/mol. The van der Waals surface area contributed by atoms with Crippen LogP contribution in [0.3, 0.4) is 0 Å². The zero-order chi connectivity index (χ0) is 15.2. The molecule has 0 saturated heterocycles. The fraction of sp³-hybridized carbons (Fsp3) is 0.308. The smallest absolute Gasteiger partial charge is 0.323 e. The number of halogens is 2. The van der Waals surface area contributed by atoms with Crippen LogP contribution in [0.25, 0.3) is 0 Å². The molecule has 112 valence electrons. The molecule has 0 fully saturated rings. The number of hydrogen-bond donors (Lipinski definition) is 2. The molecule has 0 aliphatic carbocycles. The van der Waals surface area contributed by atoms with Crippen LogP contribution in [0.2, 0.25) is 5.02 Å². The minimum Gasteiger partial charge on any atom is -0.464 e. The summed E-state index contributed by atoms with van der Waals surface area (Å²) < 4.78 is 6.17. The SMILES string of the molecule is CCNc1nc(Nc2ccc(Br)c(Cl)c2)nc(OCC)n1. The first kappa shape index (κ1) is 15.8. The summed E-state index contributed by atoms with van der Waals surface area (Å²) in [6, 6.07) is 5.77. The van der Waals surface area contributed by atoms with Gasteiger partial charge in [-0.3, -0.25) is 0 Å². The van der Waals surface area contributed by atoms with Crippen LogP contribution in [0.15, 0.2) is 22.7 Å². The van der Waals surface area contributed by atoms with Gasteiger partial charge in [-0.1, -0.05) is 11.6 Å². The lowest BCUT2D eigenvalue weighted by atomic mass is 10.3. The van der Waals surface area contributed by atoms with Crippen LogP contribution in [0.1, 0.15) is 13.8 Å². The Hall–Kier alpha value is -1.60. The molecule has 1 aromatic carbocycles. The number of nitrogens with one attached hydrogen (secondary N) is 2. The largest absolute Gasteiger partial charge is 0.464 e. The zero-order valence-corrected chi connectivity index (χ0v) is 14.0. The number of hydrogen-bond acceptors (Lipinski definition) is 6. The highest BCUT2D eigenvalue weighted by Gasteiger charge is 2.08. The average molecular weight is 373 g/mol. The number of ether oxygens (including phenoxy) is 1. The van der Waals surface area contributed by atoms with Crippen LogP contribution in [0, 0.1) is 0 Å². The van der Waals surface area contributed by atoms with Crippen molar-refractivity contribution in [3.63, 3.8) is 0 Å². The minimum absolute atomic E-state index is 0.272. The molecule has 0 aliphatic heterocycles. The van der Waals surface area contributed by atoms with Gasteiger partial charge in [-0.05, 0) is 48.0 Å². The molecule has 0 atom stereocenters. The van der Waals surface area contributed by atoms with E-state index in [2.05, 4.69) is 41.5 Å². The van der Waals surface area contributed by atoms with Crippen molar-refractivity contribution < 1.29 is 4.74 Å². The molecule has 6 nitrogen and oxygen atoms in total. The Kier molecular flexibility index (Phi) is 5.58. The first-order valence-electron chi connectivity index (χ1n) is 6.47. The summed E-state index contributed by atoms with van der Waals surface area (Å²) in [6.07, 6.45) is 0. The second-order valence-electron chi connectivity index (χ2n) is 3.98. The van der Waals surface area contributed by atoms with Gasteiger partial charge in [0.15, 0.2) is 0 Å². The van der Waals surface area contributed by atoms with Crippen LogP contribution in [0.5, 0.6) is 6.01 Å². The lowest BCUT2D eigenvalue weighted by molar-refractivity contribution is 0.312. The Morgan fingerprint density at radius 2 is 1.95 bits per heavy atom. The fourth-order valence-electron chi connectivity index (χ4n) is 1.55. The van der Waals surface area contributed by atoms with Crippen LogP contribution in [-0.4, -0.2) is 28.1 Å². The first-order chi connectivity index (χ1) is 10.1. The van der Waals surface area contributed by atoms with Gasteiger partial charge < -0.3 is 15.4 Å². The zero-order valence-electron chi connectivity index (χ0n) is 11.7. The maximum absolute atomic E-state index is 6.06. The summed E-state index contributed by atoms with van der Waals surface area (Å²) >= 11 is 9.41. The number of aromatic nitrogens is 3. The maximum Gasteiger partial charge on any atom is 0.323 e. The Morgan fingerprint density at radius 3 is 2.62 bits per heavy atom. The van der Waals surface area contributed by atoms with E-state index in [0.29, 0.717) is 30.1 Å². The molecule has 0 radical (unpaired) electrons. The summed E-state index contributed by atoms with van der Waals surface area (Å²) in [6.45, 7) is 5.03. The van der Waals surface area contributed by atoms with Crippen molar-refractivity contribution in [3.8, 4) is 6.01 Å². The molecule has 0 amide bonds. The summed E-state index contributed by atoms with van der Waals surface area (Å²) in [5.41, 5.74) is 0.777. The highest BCUT2D eigenvalue weighted by Crippen LogP contribution is 2.27. The number of rotatable bonds is 6. The summed E-state index contributed by atoms with van der Waals surface area (Å²) in [5, 5.41) is 6.72. The molecule has 0 saturated carbocycles. The van der Waals surface area contributed by atoms with Gasteiger partial charge >= 0.3 is 6.01 Å². The van der Waals surface area contributed by atoms with Gasteiger partial charge in [0, 0.05) is 16.7 Å². The normalized spacial score (nSPS) is 10.3. The quantitative estimate of drug-likeness (QED) is 0.802. The molecule has 21 heavy (non-hydrogen) atoms. The van der Waals surface area contributed by atoms with Gasteiger partial charge in [-0.15, -0.1) is 0 Å². The van der Waals surface area contributed by atoms with Gasteiger partial charge in [-0.2, -0.15) is 15.0 Å². The molecule has 0 unspecified atom stereocenters. The van der Waals surface area contributed by atoms with Crippen LogP contribution < -0.4 is 15.4 Å². The minimum atomic E-state index is 0.272. The monoisotopic (exact) mass is 371 g/mol. The van der Waals surface area contributed by atoms with E-state index in [-0.39, 0.29) is 6.01 Å². The van der Waals surface area contributed by atoms with Crippen molar-refractivity contribution in [2.24, 2.45) is 0 Å². The number of nitrogens with zero attached hydrogens (tertiary/aromatic N) is 3. The molecule has 1 heterocycles. The van der Waals surface area contributed by atoms with Crippen molar-refractivity contribution in [2.45, 2.75) is 13.8 Å². The van der Waals surface area contributed by atoms with E-state index in [4.69, 9.17) is 16.3 Å². The van der Waals surface area contributed by atoms with E-state index in [1.807, 2.05) is 26.0 Å². The lowest BCUT2D eigenvalue weighted by Crippen LogP contribution is -2.09. The van der Waals surface area contributed by atoms with Gasteiger partial charge in [0.1, 0.15) is 0 Å². The molecule has 1 aromatic heterocycles. The summed E-state index contributed by atoms with van der Waals surface area (Å²) in [4.78, 5) is 12.6. The van der Waals surface area contributed by atoms with E-state index in [0.717, 1.165) is 10.2 Å². The van der Waals surface area contributed by atoms with Crippen molar-refractivity contribution in [2.75, 3.05) is 23.8 Å². The van der Waals surface area contributed by atoms with E-state index >= 15 is 0 Å². The Bertz CT molecular complexity index is 601. The standard InChI is InChI=1S/C13H15BrClN5O/c1-3-16-11-18-12(20-13(19-11)21-4-2)17-8-5-6-9(14)10(15)7-8/h5-7H,3-4H2,1-2H3,(H2,16,17,18,19,20). The summed E-state index contributed by atoms with van der Waals surface area (Å²) in [7, 11) is 0. The molecule has 2 rings (SSSR count). The first-order valence-corrected chi connectivity index (χ1v) is 7.64.